The first kappa shape index (κ1) is 24.5. The second-order valence-corrected chi connectivity index (χ2v) is 8.03. The number of hydrogen-bond donors (Lipinski definition) is 1. The maximum absolute atomic E-state index is 10.8. The van der Waals surface area contributed by atoms with Gasteiger partial charge in [-0.25, -0.2) is 0 Å². The van der Waals surface area contributed by atoms with Crippen LogP contribution in [0.3, 0.4) is 0 Å². The summed E-state index contributed by atoms with van der Waals surface area (Å²) in [7, 11) is 0. The van der Waals surface area contributed by atoms with E-state index in [2.05, 4.69) is 24.8 Å². The van der Waals surface area contributed by atoms with Crippen LogP contribution in [0.1, 0.15) is 49.0 Å². The number of benzene rings is 2. The van der Waals surface area contributed by atoms with Crippen LogP contribution in [-0.2, 0) is 16.1 Å². The molecule has 1 aliphatic heterocycles. The van der Waals surface area contributed by atoms with Crippen molar-refractivity contribution in [2.75, 3.05) is 26.2 Å². The SMILES string of the molecule is CC(C)c1cccc(Cl)c1COc1ccc(C2CN(CCC(=O)O)CCO2)cc1.Cl. The highest BCUT2D eigenvalue weighted by atomic mass is 35.5. The minimum atomic E-state index is -0.770. The third kappa shape index (κ3) is 6.61. The molecular weight excluding hydrogens is 425 g/mol. The minimum absolute atomic E-state index is 0. The number of halogens is 2. The summed E-state index contributed by atoms with van der Waals surface area (Å²) in [6, 6.07) is 13.9. The average molecular weight is 454 g/mol. The first-order valence-corrected chi connectivity index (χ1v) is 10.4. The molecule has 30 heavy (non-hydrogen) atoms. The van der Waals surface area contributed by atoms with Gasteiger partial charge in [0.15, 0.2) is 0 Å². The molecule has 0 amide bonds. The van der Waals surface area contributed by atoms with Crippen LogP contribution in [-0.4, -0.2) is 42.2 Å². The zero-order valence-corrected chi connectivity index (χ0v) is 18.9. The molecule has 0 bridgehead atoms. The van der Waals surface area contributed by atoms with E-state index in [0.29, 0.717) is 32.2 Å². The van der Waals surface area contributed by atoms with Gasteiger partial charge in [-0.3, -0.25) is 9.69 Å². The molecule has 2 aromatic rings. The first-order chi connectivity index (χ1) is 13.9. The summed E-state index contributed by atoms with van der Waals surface area (Å²) in [5, 5.41) is 9.60. The maximum atomic E-state index is 10.8. The van der Waals surface area contributed by atoms with Crippen molar-refractivity contribution in [3.63, 3.8) is 0 Å². The number of carboxylic acid groups (broad SMARTS) is 1. The number of nitrogens with zero attached hydrogens (tertiary/aromatic N) is 1. The molecule has 5 nitrogen and oxygen atoms in total. The summed E-state index contributed by atoms with van der Waals surface area (Å²) < 4.78 is 11.9. The van der Waals surface area contributed by atoms with E-state index in [0.717, 1.165) is 28.4 Å². The Labute approximate surface area is 189 Å². The Morgan fingerprint density at radius 1 is 1.27 bits per heavy atom. The number of carboxylic acids is 1. The molecule has 0 aromatic heterocycles. The van der Waals surface area contributed by atoms with Gasteiger partial charge in [0, 0.05) is 30.2 Å². The third-order valence-corrected chi connectivity index (χ3v) is 5.56. The van der Waals surface area contributed by atoms with E-state index in [1.165, 1.54) is 5.56 Å². The zero-order chi connectivity index (χ0) is 20.8. The highest BCUT2D eigenvalue weighted by molar-refractivity contribution is 6.31. The fraction of sp³-hybridized carbons (Fsp3) is 0.435. The van der Waals surface area contributed by atoms with Crippen LogP contribution < -0.4 is 4.74 Å². The summed E-state index contributed by atoms with van der Waals surface area (Å²) in [6.07, 6.45) is 0.0996. The molecule has 0 radical (unpaired) electrons. The maximum Gasteiger partial charge on any atom is 0.304 e. The topological polar surface area (TPSA) is 59.0 Å². The number of carbonyl (C=O) groups is 1. The Hall–Kier alpha value is -1.79. The molecule has 1 unspecified atom stereocenters. The number of rotatable bonds is 8. The van der Waals surface area contributed by atoms with Gasteiger partial charge in [-0.05, 0) is 35.2 Å². The van der Waals surface area contributed by atoms with Gasteiger partial charge in [-0.1, -0.05) is 49.7 Å². The smallest absolute Gasteiger partial charge is 0.304 e. The normalized spacial score (nSPS) is 16.9. The van der Waals surface area contributed by atoms with E-state index in [1.54, 1.807) is 0 Å². The molecule has 1 fully saturated rings. The lowest BCUT2D eigenvalue weighted by Crippen LogP contribution is -2.39. The van der Waals surface area contributed by atoms with Crippen LogP contribution in [0.15, 0.2) is 42.5 Å². The Balaban J connectivity index is 0.00000320. The predicted octanol–water partition coefficient (Wildman–Crippen LogP) is 5.31. The number of aliphatic carboxylic acids is 1. The zero-order valence-electron chi connectivity index (χ0n) is 17.3. The van der Waals surface area contributed by atoms with Gasteiger partial charge in [0.25, 0.3) is 0 Å². The summed E-state index contributed by atoms with van der Waals surface area (Å²) in [4.78, 5) is 12.9. The average Bonchev–Trinajstić information content (AvgIpc) is 2.71. The summed E-state index contributed by atoms with van der Waals surface area (Å²) in [5.74, 6) is 0.387. The second-order valence-electron chi connectivity index (χ2n) is 7.62. The molecular formula is C23H29Cl2NO4. The fourth-order valence-corrected chi connectivity index (χ4v) is 3.80. The van der Waals surface area contributed by atoms with Crippen LogP contribution in [0.4, 0.5) is 0 Å². The lowest BCUT2D eigenvalue weighted by molar-refractivity contribution is -0.137. The van der Waals surface area contributed by atoms with Gasteiger partial charge in [0.2, 0.25) is 0 Å². The minimum Gasteiger partial charge on any atom is -0.489 e. The van der Waals surface area contributed by atoms with Crippen molar-refractivity contribution in [3.8, 4) is 5.75 Å². The molecule has 7 heteroatoms. The van der Waals surface area contributed by atoms with E-state index < -0.39 is 5.97 Å². The largest absolute Gasteiger partial charge is 0.489 e. The van der Waals surface area contributed by atoms with Gasteiger partial charge in [-0.15, -0.1) is 12.4 Å². The Morgan fingerprint density at radius 2 is 2.00 bits per heavy atom. The van der Waals surface area contributed by atoms with E-state index in [1.807, 2.05) is 36.4 Å². The Bertz CT molecular complexity index is 826. The first-order valence-electron chi connectivity index (χ1n) is 10.00. The van der Waals surface area contributed by atoms with Crippen molar-refractivity contribution in [2.24, 2.45) is 0 Å². The van der Waals surface area contributed by atoms with Gasteiger partial charge in [0.1, 0.15) is 12.4 Å². The van der Waals surface area contributed by atoms with Crippen molar-refractivity contribution in [3.05, 3.63) is 64.2 Å². The van der Waals surface area contributed by atoms with E-state index in [9.17, 15) is 4.79 Å². The monoisotopic (exact) mass is 453 g/mol. The Morgan fingerprint density at radius 3 is 2.67 bits per heavy atom. The summed E-state index contributed by atoms with van der Waals surface area (Å²) >= 11 is 6.39. The quantitative estimate of drug-likeness (QED) is 0.586. The lowest BCUT2D eigenvalue weighted by atomic mass is 9.97. The summed E-state index contributed by atoms with van der Waals surface area (Å²) in [6.45, 7) is 7.34. The van der Waals surface area contributed by atoms with E-state index in [4.69, 9.17) is 26.2 Å². The molecule has 3 rings (SSSR count). The van der Waals surface area contributed by atoms with Crippen LogP contribution in [0.25, 0.3) is 0 Å². The number of morpholine rings is 1. The number of hydrogen-bond acceptors (Lipinski definition) is 4. The molecule has 164 valence electrons. The molecule has 2 aromatic carbocycles. The molecule has 0 spiro atoms. The molecule has 1 N–H and O–H groups in total. The van der Waals surface area contributed by atoms with Crippen molar-refractivity contribution in [2.45, 2.75) is 38.9 Å². The second kappa shape index (κ2) is 11.6. The van der Waals surface area contributed by atoms with Crippen LogP contribution >= 0.6 is 24.0 Å². The molecule has 1 atom stereocenters. The van der Waals surface area contributed by atoms with Gasteiger partial charge >= 0.3 is 5.97 Å². The molecule has 1 saturated heterocycles. The molecule has 0 aliphatic carbocycles. The van der Waals surface area contributed by atoms with Gasteiger partial charge < -0.3 is 14.6 Å². The van der Waals surface area contributed by atoms with Crippen molar-refractivity contribution >= 4 is 30.0 Å². The van der Waals surface area contributed by atoms with Crippen LogP contribution in [0.2, 0.25) is 5.02 Å². The molecule has 0 saturated carbocycles. The van der Waals surface area contributed by atoms with Gasteiger partial charge in [-0.2, -0.15) is 0 Å². The van der Waals surface area contributed by atoms with Crippen molar-refractivity contribution < 1.29 is 19.4 Å². The van der Waals surface area contributed by atoms with Crippen molar-refractivity contribution in [1.29, 1.82) is 0 Å². The molecule has 1 heterocycles. The van der Waals surface area contributed by atoms with Crippen LogP contribution in [0.5, 0.6) is 5.75 Å². The predicted molar refractivity (Wildman–Crippen MR) is 121 cm³/mol. The summed E-state index contributed by atoms with van der Waals surface area (Å²) in [5.41, 5.74) is 3.29. The van der Waals surface area contributed by atoms with E-state index >= 15 is 0 Å². The third-order valence-electron chi connectivity index (χ3n) is 5.20. The van der Waals surface area contributed by atoms with Gasteiger partial charge in [0.05, 0.1) is 19.1 Å². The lowest BCUT2D eigenvalue weighted by Gasteiger charge is -2.32. The van der Waals surface area contributed by atoms with E-state index in [-0.39, 0.29) is 24.9 Å². The van der Waals surface area contributed by atoms with Crippen LogP contribution in [0, 0.1) is 0 Å². The highest BCUT2D eigenvalue weighted by Gasteiger charge is 2.22. The standard InChI is InChI=1S/C23H28ClNO4.ClH/c1-16(2)19-4-3-5-21(24)20(19)15-29-18-8-6-17(7-9-18)22-14-25(12-13-28-22)11-10-23(26)27;/h3-9,16,22H,10-15H2,1-2H3,(H,26,27);1H. The number of ether oxygens (including phenoxy) is 2. The Kier molecular flexibility index (Phi) is 9.43. The van der Waals surface area contributed by atoms with Crippen molar-refractivity contribution in [1.82, 2.24) is 4.90 Å². The molecule has 1 aliphatic rings. The highest BCUT2D eigenvalue weighted by Crippen LogP contribution is 2.28. The fourth-order valence-electron chi connectivity index (χ4n) is 3.56.